The van der Waals surface area contributed by atoms with Crippen molar-refractivity contribution in [3.63, 3.8) is 0 Å². The van der Waals surface area contributed by atoms with E-state index in [9.17, 15) is 9.59 Å². The molecular formula is C28H32N4O2. The van der Waals surface area contributed by atoms with E-state index >= 15 is 0 Å². The zero-order valence-electron chi connectivity index (χ0n) is 19.8. The SMILES string of the molecule is Cc1ccc([C@@H]2C(C(C)N)C(Nc3ccccc3)NC(=O)[C@H]2NC(=O)c2cccc(C)c2)cc1. The van der Waals surface area contributed by atoms with Gasteiger partial charge in [-0.15, -0.1) is 0 Å². The zero-order valence-corrected chi connectivity index (χ0v) is 19.8. The van der Waals surface area contributed by atoms with Crippen molar-refractivity contribution in [1.82, 2.24) is 10.6 Å². The second kappa shape index (κ2) is 10.1. The molecule has 1 heterocycles. The van der Waals surface area contributed by atoms with Crippen LogP contribution in [0.25, 0.3) is 0 Å². The first-order valence-corrected chi connectivity index (χ1v) is 11.6. The van der Waals surface area contributed by atoms with Crippen LogP contribution < -0.4 is 21.7 Å². The maximum absolute atomic E-state index is 13.4. The highest BCUT2D eigenvalue weighted by Crippen LogP contribution is 2.36. The number of rotatable bonds is 6. The van der Waals surface area contributed by atoms with E-state index < -0.39 is 12.2 Å². The number of carbonyl (C=O) groups is 2. The monoisotopic (exact) mass is 456 g/mol. The molecule has 0 radical (unpaired) electrons. The number of aryl methyl sites for hydroxylation is 2. The molecule has 0 aromatic heterocycles. The summed E-state index contributed by atoms with van der Waals surface area (Å²) < 4.78 is 0. The molecule has 0 aliphatic carbocycles. The van der Waals surface area contributed by atoms with Crippen LogP contribution in [-0.4, -0.2) is 30.1 Å². The topological polar surface area (TPSA) is 96.2 Å². The summed E-state index contributed by atoms with van der Waals surface area (Å²) in [6.45, 7) is 5.91. The van der Waals surface area contributed by atoms with Crippen LogP contribution in [0.4, 0.5) is 5.69 Å². The summed E-state index contributed by atoms with van der Waals surface area (Å²) in [6, 6.07) is 24.2. The Morgan fingerprint density at radius 3 is 2.29 bits per heavy atom. The van der Waals surface area contributed by atoms with E-state index in [4.69, 9.17) is 5.73 Å². The largest absolute Gasteiger partial charge is 0.365 e. The summed E-state index contributed by atoms with van der Waals surface area (Å²) in [5, 5.41) is 9.53. The number of amides is 2. The number of benzene rings is 3. The van der Waals surface area contributed by atoms with Crippen LogP contribution in [0.5, 0.6) is 0 Å². The number of nitrogens with two attached hydrogens (primary N) is 1. The third-order valence-corrected chi connectivity index (χ3v) is 6.47. The molecule has 1 saturated heterocycles. The first-order chi connectivity index (χ1) is 16.3. The van der Waals surface area contributed by atoms with Gasteiger partial charge in [0.15, 0.2) is 0 Å². The molecule has 34 heavy (non-hydrogen) atoms. The van der Waals surface area contributed by atoms with Gasteiger partial charge in [-0.1, -0.05) is 65.7 Å². The minimum absolute atomic E-state index is 0.177. The van der Waals surface area contributed by atoms with Crippen LogP contribution in [0, 0.1) is 19.8 Å². The maximum Gasteiger partial charge on any atom is 0.251 e. The molecular weight excluding hydrogens is 424 g/mol. The van der Waals surface area contributed by atoms with Gasteiger partial charge < -0.3 is 21.7 Å². The number of hydrogen-bond donors (Lipinski definition) is 4. The minimum atomic E-state index is -0.763. The van der Waals surface area contributed by atoms with Crippen LogP contribution in [0.3, 0.4) is 0 Å². The number of piperidine rings is 1. The molecule has 5 N–H and O–H groups in total. The molecule has 1 aliphatic heterocycles. The fourth-order valence-corrected chi connectivity index (χ4v) is 4.78. The van der Waals surface area contributed by atoms with E-state index in [1.165, 1.54) is 0 Å². The second-order valence-electron chi connectivity index (χ2n) is 9.19. The van der Waals surface area contributed by atoms with Gasteiger partial charge in [0.05, 0.1) is 0 Å². The van der Waals surface area contributed by atoms with Gasteiger partial charge in [-0.25, -0.2) is 0 Å². The van der Waals surface area contributed by atoms with E-state index in [0.29, 0.717) is 5.56 Å². The zero-order chi connectivity index (χ0) is 24.2. The predicted octanol–water partition coefficient (Wildman–Crippen LogP) is 3.72. The van der Waals surface area contributed by atoms with Crippen molar-refractivity contribution in [3.8, 4) is 0 Å². The lowest BCUT2D eigenvalue weighted by Gasteiger charge is -2.45. The summed E-state index contributed by atoms with van der Waals surface area (Å²) in [5.74, 6) is -1.01. The normalized spacial score (nSPS) is 23.0. The summed E-state index contributed by atoms with van der Waals surface area (Å²) in [4.78, 5) is 26.6. The number of anilines is 1. The molecule has 0 bridgehead atoms. The van der Waals surface area contributed by atoms with Crippen molar-refractivity contribution >= 4 is 17.5 Å². The van der Waals surface area contributed by atoms with Gasteiger partial charge in [-0.05, 0) is 50.6 Å². The Hall–Kier alpha value is -3.64. The lowest BCUT2D eigenvalue weighted by atomic mass is 9.72. The van der Waals surface area contributed by atoms with Crippen molar-refractivity contribution in [2.75, 3.05) is 5.32 Å². The number of nitrogens with one attached hydrogen (secondary N) is 3. The Kier molecular flexibility index (Phi) is 6.98. The van der Waals surface area contributed by atoms with Crippen molar-refractivity contribution in [3.05, 3.63) is 101 Å². The number of carbonyl (C=O) groups excluding carboxylic acids is 2. The van der Waals surface area contributed by atoms with Crippen LogP contribution in [0.2, 0.25) is 0 Å². The Balaban J connectivity index is 1.71. The highest BCUT2D eigenvalue weighted by molar-refractivity contribution is 5.98. The molecule has 6 nitrogen and oxygen atoms in total. The highest BCUT2D eigenvalue weighted by atomic mass is 16.2. The molecule has 6 heteroatoms. The van der Waals surface area contributed by atoms with Crippen molar-refractivity contribution in [2.45, 2.75) is 44.9 Å². The van der Waals surface area contributed by atoms with Crippen molar-refractivity contribution < 1.29 is 9.59 Å². The molecule has 4 rings (SSSR count). The summed E-state index contributed by atoms with van der Waals surface area (Å²) >= 11 is 0. The first kappa shape index (κ1) is 23.5. The first-order valence-electron chi connectivity index (χ1n) is 11.6. The minimum Gasteiger partial charge on any atom is -0.365 e. The Morgan fingerprint density at radius 2 is 1.65 bits per heavy atom. The van der Waals surface area contributed by atoms with E-state index in [-0.39, 0.29) is 29.7 Å². The van der Waals surface area contributed by atoms with Crippen LogP contribution >= 0.6 is 0 Å². The van der Waals surface area contributed by atoms with Crippen molar-refractivity contribution in [2.24, 2.45) is 11.7 Å². The van der Waals surface area contributed by atoms with Gasteiger partial charge in [-0.3, -0.25) is 9.59 Å². The summed E-state index contributed by atoms with van der Waals surface area (Å²) in [6.07, 6.45) is -0.395. The third-order valence-electron chi connectivity index (χ3n) is 6.47. The Labute approximate surface area is 201 Å². The molecule has 176 valence electrons. The molecule has 0 saturated carbocycles. The molecule has 5 atom stereocenters. The average molecular weight is 457 g/mol. The van der Waals surface area contributed by atoms with Crippen LogP contribution in [0.15, 0.2) is 78.9 Å². The molecule has 1 aliphatic rings. The quantitative estimate of drug-likeness (QED) is 0.455. The van der Waals surface area contributed by atoms with Crippen molar-refractivity contribution in [1.29, 1.82) is 0 Å². The van der Waals surface area contributed by atoms with E-state index in [1.807, 2.05) is 93.6 Å². The summed E-state index contributed by atoms with van der Waals surface area (Å²) in [7, 11) is 0. The smallest absolute Gasteiger partial charge is 0.251 e. The van der Waals surface area contributed by atoms with Crippen LogP contribution in [-0.2, 0) is 4.79 Å². The van der Waals surface area contributed by atoms with E-state index in [2.05, 4.69) is 16.0 Å². The van der Waals surface area contributed by atoms with Gasteiger partial charge in [0, 0.05) is 29.1 Å². The van der Waals surface area contributed by atoms with Gasteiger partial charge >= 0.3 is 0 Å². The predicted molar refractivity (Wildman–Crippen MR) is 135 cm³/mol. The number of hydrogen-bond acceptors (Lipinski definition) is 4. The van der Waals surface area contributed by atoms with E-state index in [1.54, 1.807) is 6.07 Å². The molecule has 2 amide bonds. The fraction of sp³-hybridized carbons (Fsp3) is 0.286. The Bertz CT molecular complexity index is 1140. The van der Waals surface area contributed by atoms with Crippen LogP contribution in [0.1, 0.15) is 39.9 Å². The molecule has 3 aromatic carbocycles. The molecule has 3 unspecified atom stereocenters. The molecule has 0 spiro atoms. The summed E-state index contributed by atoms with van der Waals surface area (Å²) in [5.41, 5.74) is 11.0. The fourth-order valence-electron chi connectivity index (χ4n) is 4.78. The average Bonchev–Trinajstić information content (AvgIpc) is 2.81. The Morgan fingerprint density at radius 1 is 0.941 bits per heavy atom. The van der Waals surface area contributed by atoms with E-state index in [0.717, 1.165) is 22.4 Å². The van der Waals surface area contributed by atoms with Gasteiger partial charge in [-0.2, -0.15) is 0 Å². The van der Waals surface area contributed by atoms with Gasteiger partial charge in [0.25, 0.3) is 5.91 Å². The lowest BCUT2D eigenvalue weighted by molar-refractivity contribution is -0.127. The highest BCUT2D eigenvalue weighted by Gasteiger charge is 2.47. The standard InChI is InChI=1S/C28H32N4O2/c1-17-12-14-20(15-13-17)24-23(19(3)29)26(30-22-10-5-4-6-11-22)32-28(34)25(24)31-27(33)21-9-7-8-18(2)16-21/h4-16,19,23-26,30H,29H2,1-3H3,(H,31,33)(H,32,34)/t19?,23?,24-,25+,26?/m1/s1. The maximum atomic E-state index is 13.4. The molecule has 1 fully saturated rings. The number of para-hydroxylation sites is 1. The molecule has 3 aromatic rings. The van der Waals surface area contributed by atoms with Gasteiger partial charge in [0.2, 0.25) is 5.91 Å². The second-order valence-corrected chi connectivity index (χ2v) is 9.19. The third kappa shape index (κ3) is 5.13. The van der Waals surface area contributed by atoms with Gasteiger partial charge in [0.1, 0.15) is 12.2 Å². The lowest BCUT2D eigenvalue weighted by Crippen LogP contribution is -2.66.